The summed E-state index contributed by atoms with van der Waals surface area (Å²) in [5.74, 6) is 3.82. The van der Waals surface area contributed by atoms with Crippen molar-refractivity contribution in [3.8, 4) is 0 Å². The fourth-order valence-corrected chi connectivity index (χ4v) is 2.13. The second-order valence-corrected chi connectivity index (χ2v) is 4.30. The highest BCUT2D eigenvalue weighted by molar-refractivity contribution is 5.14. The van der Waals surface area contributed by atoms with Gasteiger partial charge < -0.3 is 9.73 Å². The number of aryl methyl sites for hydroxylation is 1. The molecular weight excluding hydrogens is 174 g/mol. The summed E-state index contributed by atoms with van der Waals surface area (Å²) >= 11 is 0. The van der Waals surface area contributed by atoms with Gasteiger partial charge in [0.05, 0.1) is 6.04 Å². The molecule has 2 rings (SSSR count). The topological polar surface area (TPSA) is 25.2 Å². The second-order valence-electron chi connectivity index (χ2n) is 4.30. The lowest BCUT2D eigenvalue weighted by Crippen LogP contribution is -2.18. The van der Waals surface area contributed by atoms with Crippen molar-refractivity contribution in [3.63, 3.8) is 0 Å². The Morgan fingerprint density at radius 2 is 2.29 bits per heavy atom. The van der Waals surface area contributed by atoms with E-state index in [1.54, 1.807) is 0 Å². The van der Waals surface area contributed by atoms with Gasteiger partial charge in [0.15, 0.2) is 0 Å². The molecule has 0 bridgehead atoms. The molecule has 1 aromatic heterocycles. The highest BCUT2D eigenvalue weighted by atomic mass is 16.3. The van der Waals surface area contributed by atoms with E-state index in [2.05, 4.69) is 31.3 Å². The fraction of sp³-hybridized carbons (Fsp3) is 0.667. The van der Waals surface area contributed by atoms with Crippen molar-refractivity contribution in [2.24, 2.45) is 11.8 Å². The summed E-state index contributed by atoms with van der Waals surface area (Å²) in [5, 5.41) is 3.35. The molecule has 0 spiro atoms. The molecule has 0 radical (unpaired) electrons. The van der Waals surface area contributed by atoms with Crippen LogP contribution in [0, 0.1) is 11.8 Å². The lowest BCUT2D eigenvalue weighted by atomic mass is 10.1. The third-order valence-corrected chi connectivity index (χ3v) is 3.25. The Balaban J connectivity index is 2.11. The van der Waals surface area contributed by atoms with Crippen LogP contribution in [0.3, 0.4) is 0 Å². The Kier molecular flexibility index (Phi) is 2.64. The zero-order valence-corrected chi connectivity index (χ0v) is 9.21. The first kappa shape index (κ1) is 9.78. The average molecular weight is 193 g/mol. The van der Waals surface area contributed by atoms with Gasteiger partial charge >= 0.3 is 0 Å². The van der Waals surface area contributed by atoms with E-state index in [9.17, 15) is 0 Å². The maximum Gasteiger partial charge on any atom is 0.121 e. The van der Waals surface area contributed by atoms with Gasteiger partial charge in [-0.05, 0) is 37.4 Å². The smallest absolute Gasteiger partial charge is 0.121 e. The minimum Gasteiger partial charge on any atom is -0.464 e. The van der Waals surface area contributed by atoms with Crippen LogP contribution in [0.15, 0.2) is 16.5 Å². The predicted octanol–water partition coefficient (Wildman–Crippen LogP) is 2.76. The Labute approximate surface area is 85.7 Å². The minimum atomic E-state index is 0.422. The molecule has 3 unspecified atom stereocenters. The van der Waals surface area contributed by atoms with Crippen LogP contribution in [-0.4, -0.2) is 7.05 Å². The van der Waals surface area contributed by atoms with Crippen molar-refractivity contribution in [2.45, 2.75) is 32.7 Å². The summed E-state index contributed by atoms with van der Waals surface area (Å²) in [4.78, 5) is 0. The highest BCUT2D eigenvalue weighted by Crippen LogP contribution is 2.46. The first-order valence-corrected chi connectivity index (χ1v) is 5.52. The van der Waals surface area contributed by atoms with Crippen LogP contribution in [0.5, 0.6) is 0 Å². The Bertz CT molecular complexity index is 305. The number of hydrogen-bond acceptors (Lipinski definition) is 2. The van der Waals surface area contributed by atoms with Crippen LogP contribution in [0.2, 0.25) is 0 Å². The molecular formula is C12H19NO. The van der Waals surface area contributed by atoms with Crippen molar-refractivity contribution in [1.82, 2.24) is 5.32 Å². The third-order valence-electron chi connectivity index (χ3n) is 3.25. The maximum absolute atomic E-state index is 5.77. The molecule has 78 valence electrons. The monoisotopic (exact) mass is 193 g/mol. The fourth-order valence-electron chi connectivity index (χ4n) is 2.13. The SMILES string of the molecule is CCc1ccc(C(NC)C2CC2C)o1. The minimum absolute atomic E-state index is 0.422. The summed E-state index contributed by atoms with van der Waals surface area (Å²) < 4.78 is 5.77. The molecule has 14 heavy (non-hydrogen) atoms. The van der Waals surface area contributed by atoms with Crippen molar-refractivity contribution >= 4 is 0 Å². The summed E-state index contributed by atoms with van der Waals surface area (Å²) in [5.41, 5.74) is 0. The Morgan fingerprint density at radius 3 is 2.71 bits per heavy atom. The largest absolute Gasteiger partial charge is 0.464 e. The molecule has 0 aromatic carbocycles. The molecule has 3 atom stereocenters. The van der Waals surface area contributed by atoms with Gasteiger partial charge in [0, 0.05) is 6.42 Å². The molecule has 0 amide bonds. The molecule has 0 aliphatic heterocycles. The van der Waals surface area contributed by atoms with E-state index in [0.717, 1.165) is 29.8 Å². The second kappa shape index (κ2) is 3.77. The van der Waals surface area contributed by atoms with Crippen molar-refractivity contribution < 1.29 is 4.42 Å². The maximum atomic E-state index is 5.77. The molecule has 1 saturated carbocycles. The third kappa shape index (κ3) is 1.71. The number of furan rings is 1. The van der Waals surface area contributed by atoms with Crippen molar-refractivity contribution in [1.29, 1.82) is 0 Å². The lowest BCUT2D eigenvalue weighted by Gasteiger charge is -2.12. The van der Waals surface area contributed by atoms with Gasteiger partial charge in [-0.15, -0.1) is 0 Å². The first-order chi connectivity index (χ1) is 6.76. The van der Waals surface area contributed by atoms with E-state index in [1.165, 1.54) is 6.42 Å². The van der Waals surface area contributed by atoms with E-state index in [-0.39, 0.29) is 0 Å². The van der Waals surface area contributed by atoms with E-state index >= 15 is 0 Å². The average Bonchev–Trinajstić information content (AvgIpc) is 2.73. The van der Waals surface area contributed by atoms with E-state index in [1.807, 2.05) is 7.05 Å². The molecule has 1 heterocycles. The van der Waals surface area contributed by atoms with Gasteiger partial charge in [-0.1, -0.05) is 13.8 Å². The molecule has 1 N–H and O–H groups in total. The summed E-state index contributed by atoms with van der Waals surface area (Å²) in [6.07, 6.45) is 2.31. The molecule has 1 aromatic rings. The van der Waals surface area contributed by atoms with Crippen LogP contribution >= 0.6 is 0 Å². The normalized spacial score (nSPS) is 27.6. The molecule has 1 fully saturated rings. The molecule has 2 nitrogen and oxygen atoms in total. The molecule has 1 aliphatic rings. The summed E-state index contributed by atoms with van der Waals surface area (Å²) in [6, 6.07) is 4.63. The number of rotatable bonds is 4. The van der Waals surface area contributed by atoms with Gasteiger partial charge in [0.1, 0.15) is 11.5 Å². The van der Waals surface area contributed by atoms with Gasteiger partial charge in [-0.2, -0.15) is 0 Å². The highest BCUT2D eigenvalue weighted by Gasteiger charge is 2.40. The summed E-state index contributed by atoms with van der Waals surface area (Å²) in [7, 11) is 2.02. The number of hydrogen-bond donors (Lipinski definition) is 1. The van der Waals surface area contributed by atoms with Gasteiger partial charge in [-0.3, -0.25) is 0 Å². The van der Waals surface area contributed by atoms with Gasteiger partial charge in [-0.25, -0.2) is 0 Å². The predicted molar refractivity (Wildman–Crippen MR) is 57.2 cm³/mol. The van der Waals surface area contributed by atoms with Crippen LogP contribution in [0.4, 0.5) is 0 Å². The quantitative estimate of drug-likeness (QED) is 0.795. The molecule has 0 saturated heterocycles. The van der Waals surface area contributed by atoms with Crippen LogP contribution in [0.1, 0.15) is 37.8 Å². The van der Waals surface area contributed by atoms with E-state index < -0.39 is 0 Å². The van der Waals surface area contributed by atoms with Crippen LogP contribution in [-0.2, 0) is 6.42 Å². The zero-order valence-electron chi connectivity index (χ0n) is 9.21. The van der Waals surface area contributed by atoms with Crippen molar-refractivity contribution in [2.75, 3.05) is 7.05 Å². The Morgan fingerprint density at radius 1 is 1.57 bits per heavy atom. The number of nitrogens with one attached hydrogen (secondary N) is 1. The van der Waals surface area contributed by atoms with Gasteiger partial charge in [0.2, 0.25) is 0 Å². The first-order valence-electron chi connectivity index (χ1n) is 5.52. The van der Waals surface area contributed by atoms with Crippen molar-refractivity contribution in [3.05, 3.63) is 23.7 Å². The zero-order chi connectivity index (χ0) is 10.1. The van der Waals surface area contributed by atoms with Crippen LogP contribution in [0.25, 0.3) is 0 Å². The lowest BCUT2D eigenvalue weighted by molar-refractivity contribution is 0.376. The van der Waals surface area contributed by atoms with Crippen LogP contribution < -0.4 is 5.32 Å². The van der Waals surface area contributed by atoms with Gasteiger partial charge in [0.25, 0.3) is 0 Å². The molecule has 1 aliphatic carbocycles. The van der Waals surface area contributed by atoms with E-state index in [4.69, 9.17) is 4.42 Å². The standard InChI is InChI=1S/C12H19NO/c1-4-9-5-6-11(14-9)12(13-3)10-7-8(10)2/h5-6,8,10,12-13H,4,7H2,1-3H3. The Hall–Kier alpha value is -0.760. The summed E-state index contributed by atoms with van der Waals surface area (Å²) in [6.45, 7) is 4.43. The molecule has 2 heteroatoms. The van der Waals surface area contributed by atoms with E-state index in [0.29, 0.717) is 6.04 Å².